The summed E-state index contributed by atoms with van der Waals surface area (Å²) in [5.74, 6) is 0. The van der Waals surface area contributed by atoms with Crippen LogP contribution in [-0.4, -0.2) is 0 Å². The highest BCUT2D eigenvalue weighted by Crippen LogP contribution is 2.58. The Morgan fingerprint density at radius 3 is 1.00 bits per heavy atom. The quantitative estimate of drug-likeness (QED) is 0.344. The number of rotatable bonds is 9. The van der Waals surface area contributed by atoms with Crippen molar-refractivity contribution < 1.29 is 18.1 Å². The van der Waals surface area contributed by atoms with E-state index in [1.807, 2.05) is 112 Å². The number of hydrogen-bond acceptors (Lipinski definition) is 4. The minimum atomic E-state index is -3.88. The van der Waals surface area contributed by atoms with E-state index in [0.29, 0.717) is 0 Å². The summed E-state index contributed by atoms with van der Waals surface area (Å²) in [6.45, 7) is 5.53. The highest BCUT2D eigenvalue weighted by atomic mass is 31.2. The van der Waals surface area contributed by atoms with E-state index >= 15 is 0 Å². The second-order valence-corrected chi connectivity index (χ2v) is 8.45. The van der Waals surface area contributed by atoms with Crippen molar-refractivity contribution in [1.82, 2.24) is 0 Å². The third-order valence-corrected chi connectivity index (χ3v) is 6.39. The average Bonchev–Trinajstić information content (AvgIpc) is 2.75. The van der Waals surface area contributed by atoms with Gasteiger partial charge in [0.25, 0.3) is 0 Å². The molecule has 152 valence electrons. The summed E-state index contributed by atoms with van der Waals surface area (Å²) >= 11 is 0. The molecule has 0 fully saturated rings. The number of phosphoric acid groups is 1. The van der Waals surface area contributed by atoms with E-state index < -0.39 is 26.1 Å². The molecular weight excluding hydrogens is 383 g/mol. The predicted octanol–water partition coefficient (Wildman–Crippen LogP) is 7.43. The van der Waals surface area contributed by atoms with E-state index in [0.717, 1.165) is 16.7 Å². The van der Waals surface area contributed by atoms with Gasteiger partial charge in [0.1, 0.15) is 0 Å². The van der Waals surface area contributed by atoms with Crippen molar-refractivity contribution in [3.8, 4) is 0 Å². The fraction of sp³-hybridized carbons (Fsp3) is 0.250. The second kappa shape index (κ2) is 10.00. The Morgan fingerprint density at radius 2 is 0.759 bits per heavy atom. The van der Waals surface area contributed by atoms with Gasteiger partial charge in [-0.25, -0.2) is 4.57 Å². The molecular formula is C24H27O4P. The van der Waals surface area contributed by atoms with Crippen molar-refractivity contribution in [3.63, 3.8) is 0 Å². The van der Waals surface area contributed by atoms with Gasteiger partial charge in [-0.15, -0.1) is 0 Å². The zero-order valence-electron chi connectivity index (χ0n) is 17.0. The largest absolute Gasteiger partial charge is 0.476 e. The predicted molar refractivity (Wildman–Crippen MR) is 115 cm³/mol. The monoisotopic (exact) mass is 410 g/mol. The fourth-order valence-electron chi connectivity index (χ4n) is 3.01. The SMILES string of the molecule is C[C@H](OP(=O)(O[C@@H](C)c1ccccc1)O[C@@H](C)c1ccccc1)c1ccccc1. The molecule has 0 aliphatic rings. The van der Waals surface area contributed by atoms with E-state index in [-0.39, 0.29) is 0 Å². The molecule has 0 N–H and O–H groups in total. The van der Waals surface area contributed by atoms with E-state index in [9.17, 15) is 4.57 Å². The summed E-state index contributed by atoms with van der Waals surface area (Å²) in [5.41, 5.74) is 2.71. The molecule has 0 saturated heterocycles. The molecule has 0 unspecified atom stereocenters. The first-order valence-corrected chi connectivity index (χ1v) is 11.2. The Hall–Kier alpha value is -2.23. The molecule has 3 aromatic rings. The van der Waals surface area contributed by atoms with Crippen molar-refractivity contribution in [3.05, 3.63) is 108 Å². The summed E-state index contributed by atoms with van der Waals surface area (Å²) in [4.78, 5) is 0. The van der Waals surface area contributed by atoms with Gasteiger partial charge in [-0.3, -0.25) is 13.6 Å². The van der Waals surface area contributed by atoms with Gasteiger partial charge in [-0.05, 0) is 37.5 Å². The highest BCUT2D eigenvalue weighted by Gasteiger charge is 2.35. The van der Waals surface area contributed by atoms with Gasteiger partial charge >= 0.3 is 7.82 Å². The van der Waals surface area contributed by atoms with Gasteiger partial charge in [0.2, 0.25) is 0 Å². The summed E-state index contributed by atoms with van der Waals surface area (Å²) in [5, 5.41) is 0. The summed E-state index contributed by atoms with van der Waals surface area (Å²) < 4.78 is 31.5. The zero-order valence-corrected chi connectivity index (χ0v) is 17.9. The second-order valence-electron chi connectivity index (χ2n) is 6.92. The van der Waals surface area contributed by atoms with Crippen LogP contribution in [0.3, 0.4) is 0 Å². The van der Waals surface area contributed by atoms with Gasteiger partial charge in [0.15, 0.2) is 0 Å². The van der Waals surface area contributed by atoms with Crippen LogP contribution < -0.4 is 0 Å². The van der Waals surface area contributed by atoms with Crippen LogP contribution in [0.25, 0.3) is 0 Å². The summed E-state index contributed by atoms with van der Waals surface area (Å²) in [6, 6.07) is 28.9. The first-order chi connectivity index (χ1) is 14.0. The Bertz CT molecular complexity index is 793. The van der Waals surface area contributed by atoms with Gasteiger partial charge in [0, 0.05) is 0 Å². The molecule has 0 saturated carbocycles. The van der Waals surface area contributed by atoms with Crippen LogP contribution in [0.1, 0.15) is 55.8 Å². The normalized spacial score (nSPS) is 14.9. The van der Waals surface area contributed by atoms with Crippen LogP contribution in [0.4, 0.5) is 0 Å². The molecule has 0 amide bonds. The molecule has 29 heavy (non-hydrogen) atoms. The summed E-state index contributed by atoms with van der Waals surface area (Å²) in [6.07, 6.45) is -1.35. The van der Waals surface area contributed by atoms with Crippen LogP contribution in [-0.2, 0) is 18.1 Å². The molecule has 3 rings (SSSR count). The fourth-order valence-corrected chi connectivity index (χ4v) is 4.69. The molecule has 3 atom stereocenters. The maximum absolute atomic E-state index is 13.7. The molecule has 0 aromatic heterocycles. The third-order valence-electron chi connectivity index (χ3n) is 4.67. The molecule has 5 heteroatoms. The van der Waals surface area contributed by atoms with Crippen molar-refractivity contribution in [2.75, 3.05) is 0 Å². The van der Waals surface area contributed by atoms with Gasteiger partial charge < -0.3 is 0 Å². The Labute approximate surface area is 173 Å². The summed E-state index contributed by atoms with van der Waals surface area (Å²) in [7, 11) is -3.88. The standard InChI is InChI=1S/C24H27O4P/c1-19(22-13-7-4-8-14-22)26-29(25,27-20(2)23-15-9-5-10-16-23)28-21(3)24-17-11-6-12-18-24/h4-21H,1-3H3/t19-,20-,21-/m0/s1. The minimum absolute atomic E-state index is 0.451. The third kappa shape index (κ3) is 6.12. The van der Waals surface area contributed by atoms with Crippen LogP contribution in [0.5, 0.6) is 0 Å². The molecule has 3 aromatic carbocycles. The molecule has 0 heterocycles. The highest BCUT2D eigenvalue weighted by molar-refractivity contribution is 7.48. The lowest BCUT2D eigenvalue weighted by Gasteiger charge is -2.27. The number of phosphoric ester groups is 1. The Morgan fingerprint density at radius 1 is 0.517 bits per heavy atom. The lowest BCUT2D eigenvalue weighted by atomic mass is 10.1. The number of benzene rings is 3. The molecule has 0 spiro atoms. The molecule has 0 radical (unpaired) electrons. The van der Waals surface area contributed by atoms with Gasteiger partial charge in [0.05, 0.1) is 18.3 Å². The smallest absolute Gasteiger partial charge is 0.279 e. The minimum Gasteiger partial charge on any atom is -0.279 e. The van der Waals surface area contributed by atoms with Crippen LogP contribution >= 0.6 is 7.82 Å². The van der Waals surface area contributed by atoms with Crippen LogP contribution in [0.15, 0.2) is 91.0 Å². The molecule has 0 aliphatic carbocycles. The van der Waals surface area contributed by atoms with Crippen LogP contribution in [0.2, 0.25) is 0 Å². The van der Waals surface area contributed by atoms with Crippen molar-refractivity contribution >= 4 is 7.82 Å². The van der Waals surface area contributed by atoms with Crippen molar-refractivity contribution in [2.45, 2.75) is 39.1 Å². The number of hydrogen-bond donors (Lipinski definition) is 0. The van der Waals surface area contributed by atoms with E-state index in [1.165, 1.54) is 0 Å². The van der Waals surface area contributed by atoms with Crippen molar-refractivity contribution in [1.29, 1.82) is 0 Å². The lowest BCUT2D eigenvalue weighted by Crippen LogP contribution is -2.09. The maximum Gasteiger partial charge on any atom is 0.476 e. The van der Waals surface area contributed by atoms with Gasteiger partial charge in [-0.2, -0.15) is 0 Å². The Balaban J connectivity index is 1.82. The maximum atomic E-state index is 13.7. The van der Waals surface area contributed by atoms with E-state index in [4.69, 9.17) is 13.6 Å². The van der Waals surface area contributed by atoms with E-state index in [1.54, 1.807) is 0 Å². The first-order valence-electron chi connectivity index (χ1n) is 9.77. The molecule has 0 bridgehead atoms. The van der Waals surface area contributed by atoms with Gasteiger partial charge in [-0.1, -0.05) is 91.0 Å². The zero-order chi connectivity index (χ0) is 20.7. The first kappa shape index (κ1) is 21.5. The molecule has 0 aliphatic heterocycles. The van der Waals surface area contributed by atoms with Crippen molar-refractivity contribution in [2.24, 2.45) is 0 Å². The average molecular weight is 410 g/mol. The Kier molecular flexibility index (Phi) is 7.40. The lowest BCUT2D eigenvalue weighted by molar-refractivity contribution is 0.0421. The topological polar surface area (TPSA) is 44.8 Å². The van der Waals surface area contributed by atoms with Crippen LogP contribution in [0, 0.1) is 0 Å². The molecule has 4 nitrogen and oxygen atoms in total. The van der Waals surface area contributed by atoms with E-state index in [2.05, 4.69) is 0 Å².